The number of hydrogen-bond donors (Lipinski definition) is 1. The molecule has 0 radical (unpaired) electrons. The van der Waals surface area contributed by atoms with Crippen LogP contribution in [-0.2, 0) is 20.5 Å². The van der Waals surface area contributed by atoms with E-state index in [0.29, 0.717) is 0 Å². The molecule has 0 unspecified atom stereocenters. The number of nitrogens with zero attached hydrogens (tertiary/aromatic N) is 1. The number of amides is 1. The van der Waals surface area contributed by atoms with Gasteiger partial charge in [-0.1, -0.05) is 12.1 Å². The number of benzene rings is 2. The number of nitro benzene ring substituents is 1. The number of carbonyl (C=O) groups excluding carboxylic acids is 2. The van der Waals surface area contributed by atoms with Crippen molar-refractivity contribution in [1.29, 1.82) is 0 Å². The van der Waals surface area contributed by atoms with E-state index < -0.39 is 35.1 Å². The zero-order valence-corrected chi connectivity index (χ0v) is 14.1. The molecule has 0 aliphatic carbocycles. The smallest absolute Gasteiger partial charge is 0.416 e. The van der Waals surface area contributed by atoms with Gasteiger partial charge in [-0.25, -0.2) is 4.79 Å². The molecule has 0 heterocycles. The second kappa shape index (κ2) is 8.80. The van der Waals surface area contributed by atoms with Crippen molar-refractivity contribution in [2.75, 3.05) is 11.9 Å². The van der Waals surface area contributed by atoms with Gasteiger partial charge in [0.1, 0.15) is 0 Å². The molecule has 2 rings (SSSR count). The molecule has 0 aliphatic heterocycles. The lowest BCUT2D eigenvalue weighted by Crippen LogP contribution is -2.20. The number of halogens is 3. The fourth-order valence-electron chi connectivity index (χ4n) is 2.08. The third-order valence-corrected chi connectivity index (χ3v) is 3.37. The number of nitro groups is 1. The highest BCUT2D eigenvalue weighted by Gasteiger charge is 2.29. The molecule has 10 heteroatoms. The highest BCUT2D eigenvalue weighted by atomic mass is 19.4. The molecule has 1 amide bonds. The predicted octanol–water partition coefficient (Wildman–Crippen LogP) is 3.81. The Bertz CT molecular complexity index is 908. The third-order valence-electron chi connectivity index (χ3n) is 3.37. The fraction of sp³-hybridized carbons (Fsp3) is 0.111. The van der Waals surface area contributed by atoms with Crippen molar-refractivity contribution in [2.45, 2.75) is 6.18 Å². The topological polar surface area (TPSA) is 98.5 Å². The molecule has 0 atom stereocenters. The lowest BCUT2D eigenvalue weighted by molar-refractivity contribution is -0.385. The highest BCUT2D eigenvalue weighted by molar-refractivity contribution is 5.94. The molecule has 7 nitrogen and oxygen atoms in total. The Morgan fingerprint density at radius 3 is 2.36 bits per heavy atom. The van der Waals surface area contributed by atoms with Crippen LogP contribution in [0.4, 0.5) is 24.5 Å². The Labute approximate surface area is 156 Å². The summed E-state index contributed by atoms with van der Waals surface area (Å²) in [4.78, 5) is 33.6. The first-order valence-electron chi connectivity index (χ1n) is 7.72. The first kappa shape index (κ1) is 20.6. The largest absolute Gasteiger partial charge is 0.452 e. The molecule has 0 bridgehead atoms. The van der Waals surface area contributed by atoms with Gasteiger partial charge in [0, 0.05) is 17.8 Å². The maximum absolute atomic E-state index is 12.5. The van der Waals surface area contributed by atoms with Gasteiger partial charge < -0.3 is 10.1 Å². The van der Waals surface area contributed by atoms with E-state index in [4.69, 9.17) is 0 Å². The summed E-state index contributed by atoms with van der Waals surface area (Å²) in [7, 11) is 0. The number of esters is 1. The average Bonchev–Trinajstić information content (AvgIpc) is 2.64. The van der Waals surface area contributed by atoms with Gasteiger partial charge in [-0.3, -0.25) is 14.9 Å². The van der Waals surface area contributed by atoms with Gasteiger partial charge in [-0.2, -0.15) is 13.2 Å². The van der Waals surface area contributed by atoms with Gasteiger partial charge in [0.15, 0.2) is 6.61 Å². The number of para-hydroxylation sites is 1. The predicted molar refractivity (Wildman–Crippen MR) is 93.2 cm³/mol. The Balaban J connectivity index is 1.87. The summed E-state index contributed by atoms with van der Waals surface area (Å²) in [5.41, 5.74) is -0.785. The van der Waals surface area contributed by atoms with Crippen LogP contribution in [0.25, 0.3) is 6.08 Å². The van der Waals surface area contributed by atoms with E-state index >= 15 is 0 Å². The second-order valence-electron chi connectivity index (χ2n) is 5.38. The summed E-state index contributed by atoms with van der Waals surface area (Å²) in [6.07, 6.45) is -2.39. The van der Waals surface area contributed by atoms with Crippen LogP contribution in [0, 0.1) is 10.1 Å². The van der Waals surface area contributed by atoms with Crippen LogP contribution in [0.2, 0.25) is 0 Å². The van der Waals surface area contributed by atoms with Crippen molar-refractivity contribution in [3.8, 4) is 0 Å². The summed E-state index contributed by atoms with van der Waals surface area (Å²) in [5.74, 6) is -1.67. The summed E-state index contributed by atoms with van der Waals surface area (Å²) >= 11 is 0. The molecule has 28 heavy (non-hydrogen) atoms. The highest BCUT2D eigenvalue weighted by Crippen LogP contribution is 2.29. The zero-order valence-electron chi connectivity index (χ0n) is 14.1. The van der Waals surface area contributed by atoms with Crippen LogP contribution in [-0.4, -0.2) is 23.4 Å². The van der Waals surface area contributed by atoms with Gasteiger partial charge in [-0.15, -0.1) is 0 Å². The molecule has 2 aromatic rings. The number of anilines is 1. The maximum Gasteiger partial charge on any atom is 0.416 e. The van der Waals surface area contributed by atoms with Crippen molar-refractivity contribution in [3.63, 3.8) is 0 Å². The number of rotatable bonds is 6. The molecule has 146 valence electrons. The minimum Gasteiger partial charge on any atom is -0.452 e. The second-order valence-corrected chi connectivity index (χ2v) is 5.38. The van der Waals surface area contributed by atoms with E-state index in [1.54, 1.807) is 6.07 Å². The standard InChI is InChI=1S/C18H13F3N2O5/c19-18(20,21)13-6-8-14(9-7-13)22-16(24)11-28-17(25)10-5-12-3-1-2-4-15(12)23(26)27/h1-10H,11H2,(H,22,24)/b10-5+. The maximum atomic E-state index is 12.5. The quantitative estimate of drug-likeness (QED) is 0.348. The number of carbonyl (C=O) groups is 2. The molecule has 0 saturated heterocycles. The van der Waals surface area contributed by atoms with E-state index in [9.17, 15) is 32.9 Å². The minimum atomic E-state index is -4.49. The number of ether oxygens (including phenoxy) is 1. The van der Waals surface area contributed by atoms with Crippen LogP contribution < -0.4 is 5.32 Å². The van der Waals surface area contributed by atoms with Gasteiger partial charge in [0.05, 0.1) is 16.1 Å². The molecule has 0 aromatic heterocycles. The molecule has 0 aliphatic rings. The summed E-state index contributed by atoms with van der Waals surface area (Å²) in [6, 6.07) is 9.46. The van der Waals surface area contributed by atoms with Crippen LogP contribution in [0.3, 0.4) is 0 Å². The molecular formula is C18H13F3N2O5. The van der Waals surface area contributed by atoms with Crippen LogP contribution in [0.15, 0.2) is 54.6 Å². The van der Waals surface area contributed by atoms with Crippen LogP contribution >= 0.6 is 0 Å². The van der Waals surface area contributed by atoms with Gasteiger partial charge >= 0.3 is 12.1 Å². The van der Waals surface area contributed by atoms with Crippen molar-refractivity contribution in [2.24, 2.45) is 0 Å². The van der Waals surface area contributed by atoms with Crippen molar-refractivity contribution in [1.82, 2.24) is 0 Å². The summed E-state index contributed by atoms with van der Waals surface area (Å²) < 4.78 is 42.1. The zero-order chi connectivity index (χ0) is 20.7. The van der Waals surface area contributed by atoms with Crippen LogP contribution in [0.1, 0.15) is 11.1 Å². The Morgan fingerprint density at radius 1 is 1.11 bits per heavy atom. The average molecular weight is 394 g/mol. The molecule has 0 spiro atoms. The molecule has 1 N–H and O–H groups in total. The molecular weight excluding hydrogens is 381 g/mol. The monoisotopic (exact) mass is 394 g/mol. The van der Waals surface area contributed by atoms with Gasteiger partial charge in [0.25, 0.3) is 11.6 Å². The first-order chi connectivity index (χ1) is 13.2. The number of alkyl halides is 3. The van der Waals surface area contributed by atoms with Crippen LogP contribution in [0.5, 0.6) is 0 Å². The first-order valence-corrected chi connectivity index (χ1v) is 7.72. The van der Waals surface area contributed by atoms with E-state index in [-0.39, 0.29) is 16.9 Å². The van der Waals surface area contributed by atoms with Gasteiger partial charge in [-0.05, 0) is 36.4 Å². The number of nitrogens with one attached hydrogen (secondary N) is 1. The summed E-state index contributed by atoms with van der Waals surface area (Å²) in [5, 5.41) is 13.1. The van der Waals surface area contributed by atoms with E-state index in [0.717, 1.165) is 30.3 Å². The van der Waals surface area contributed by atoms with E-state index in [1.165, 1.54) is 24.3 Å². The van der Waals surface area contributed by atoms with Crippen molar-refractivity contribution < 1.29 is 32.4 Å². The lowest BCUT2D eigenvalue weighted by Gasteiger charge is -2.08. The number of hydrogen-bond acceptors (Lipinski definition) is 5. The van der Waals surface area contributed by atoms with Crippen molar-refractivity contribution in [3.05, 3.63) is 75.8 Å². The lowest BCUT2D eigenvalue weighted by atomic mass is 10.1. The summed E-state index contributed by atoms with van der Waals surface area (Å²) in [6.45, 7) is -0.679. The Hall–Kier alpha value is -3.69. The normalized spacial score (nSPS) is 11.2. The third kappa shape index (κ3) is 5.94. The van der Waals surface area contributed by atoms with E-state index in [2.05, 4.69) is 10.1 Å². The van der Waals surface area contributed by atoms with E-state index in [1.807, 2.05) is 0 Å². The molecule has 0 saturated carbocycles. The van der Waals surface area contributed by atoms with Gasteiger partial charge in [0.2, 0.25) is 0 Å². The van der Waals surface area contributed by atoms with Crippen molar-refractivity contribution >= 4 is 29.3 Å². The molecule has 2 aromatic carbocycles. The SMILES string of the molecule is O=C(COC(=O)/C=C/c1ccccc1[N+](=O)[O-])Nc1ccc(C(F)(F)F)cc1. The minimum absolute atomic E-state index is 0.101. The fourth-order valence-corrected chi connectivity index (χ4v) is 2.08. The Kier molecular flexibility index (Phi) is 6.48. The molecule has 0 fully saturated rings. The Morgan fingerprint density at radius 2 is 1.75 bits per heavy atom.